The van der Waals surface area contributed by atoms with Gasteiger partial charge in [0, 0.05) is 6.42 Å². The van der Waals surface area contributed by atoms with Gasteiger partial charge in [-0.3, -0.25) is 0 Å². The first kappa shape index (κ1) is 16.8. The number of nitrogens with zero attached hydrogens (tertiary/aromatic N) is 4. The topological polar surface area (TPSA) is 131 Å². The Balaban J connectivity index is 4.57. The van der Waals surface area contributed by atoms with E-state index in [0.717, 1.165) is 0 Å². The third-order valence-corrected chi connectivity index (χ3v) is 1.94. The highest BCUT2D eigenvalue weighted by Gasteiger charge is 2.05. The first-order valence-electron chi connectivity index (χ1n) is 4.96. The second-order valence-electron chi connectivity index (χ2n) is 3.24. The molecule has 0 saturated carbocycles. The summed E-state index contributed by atoms with van der Waals surface area (Å²) in [4.78, 5) is 4.44. The third kappa shape index (κ3) is 8.49. The number of allylic oxidation sites excluding steroid dienone is 2. The highest BCUT2D eigenvalue weighted by molar-refractivity contribution is 7.74. The molecule has 0 spiro atoms. The first-order valence-corrected chi connectivity index (χ1v) is 5.96. The maximum absolute atomic E-state index is 10.1. The summed E-state index contributed by atoms with van der Waals surface area (Å²) >= 11 is -2.80. The Morgan fingerprint density at radius 2 is 2.16 bits per heavy atom. The maximum Gasteiger partial charge on any atom is 0.179 e. The molecule has 0 saturated heterocycles. The van der Waals surface area contributed by atoms with Gasteiger partial charge in [-0.2, -0.15) is 10.5 Å². The van der Waals surface area contributed by atoms with Crippen LogP contribution in [0.5, 0.6) is 0 Å². The molecule has 9 heteroatoms. The Bertz CT molecular complexity index is 487. The van der Waals surface area contributed by atoms with Crippen molar-refractivity contribution in [2.45, 2.75) is 13.3 Å². The minimum atomic E-state index is -2.80. The summed E-state index contributed by atoms with van der Waals surface area (Å²) in [5.41, 5.74) is -0.00903. The summed E-state index contributed by atoms with van der Waals surface area (Å²) in [7, 11) is 1.31. The second kappa shape index (κ2) is 9.76. The van der Waals surface area contributed by atoms with E-state index >= 15 is 0 Å². The number of oxime groups is 2. The zero-order valence-electron chi connectivity index (χ0n) is 10.3. The number of hydrogen-bond donors (Lipinski definition) is 0. The fourth-order valence-corrected chi connectivity index (χ4v) is 1.14. The van der Waals surface area contributed by atoms with Crippen molar-refractivity contribution >= 4 is 22.8 Å². The van der Waals surface area contributed by atoms with Gasteiger partial charge in [0.25, 0.3) is 0 Å². The smallest absolute Gasteiger partial charge is 0.179 e. The molecule has 2 unspecified atom stereocenters. The normalized spacial score (nSPS) is 15.4. The molecule has 0 aromatic heterocycles. The van der Waals surface area contributed by atoms with Crippen molar-refractivity contribution in [2.75, 3.05) is 7.11 Å². The highest BCUT2D eigenvalue weighted by Crippen LogP contribution is 2.06. The van der Waals surface area contributed by atoms with E-state index in [1.807, 2.05) is 0 Å². The molecule has 0 N–H and O–H groups in total. The van der Waals surface area contributed by atoms with Crippen LogP contribution in [0, 0.1) is 28.6 Å². The lowest BCUT2D eigenvalue weighted by molar-refractivity contribution is 0.214. The van der Waals surface area contributed by atoms with Gasteiger partial charge in [0.15, 0.2) is 22.8 Å². The van der Waals surface area contributed by atoms with Crippen LogP contribution in [-0.4, -0.2) is 27.3 Å². The van der Waals surface area contributed by atoms with Crippen LogP contribution in [0.4, 0.5) is 0 Å². The zero-order valence-corrected chi connectivity index (χ0v) is 11.1. The van der Waals surface area contributed by atoms with Crippen molar-refractivity contribution in [3.63, 3.8) is 0 Å². The Morgan fingerprint density at radius 3 is 2.63 bits per heavy atom. The SMILES string of the molecule is CON=C(C#N)/C=C/C(C)CC(C#N)=NOS(=O)[O-]. The van der Waals surface area contributed by atoms with Crippen LogP contribution in [-0.2, 0) is 20.5 Å². The summed E-state index contributed by atoms with van der Waals surface area (Å²) in [6.45, 7) is 1.75. The van der Waals surface area contributed by atoms with Crippen molar-refractivity contribution in [1.82, 2.24) is 0 Å². The van der Waals surface area contributed by atoms with Crippen LogP contribution < -0.4 is 0 Å². The first-order chi connectivity index (χ1) is 9.03. The predicted octanol–water partition coefficient (Wildman–Crippen LogP) is 0.785. The van der Waals surface area contributed by atoms with E-state index in [2.05, 4.69) is 19.4 Å². The van der Waals surface area contributed by atoms with Gasteiger partial charge < -0.3 is 13.7 Å². The van der Waals surface area contributed by atoms with Crippen LogP contribution in [0.25, 0.3) is 0 Å². The molecular weight excluding hydrogens is 272 g/mol. The van der Waals surface area contributed by atoms with Crippen LogP contribution in [0.15, 0.2) is 22.5 Å². The van der Waals surface area contributed by atoms with Crippen molar-refractivity contribution in [3.05, 3.63) is 12.2 Å². The van der Waals surface area contributed by atoms with E-state index in [0.29, 0.717) is 0 Å². The summed E-state index contributed by atoms with van der Waals surface area (Å²) in [5.74, 6) is -0.169. The molecule has 0 aliphatic carbocycles. The lowest BCUT2D eigenvalue weighted by Crippen LogP contribution is -2.04. The zero-order chi connectivity index (χ0) is 14.7. The van der Waals surface area contributed by atoms with Crippen LogP contribution in [0.3, 0.4) is 0 Å². The standard InChI is InChI=1S/C10H12N4O4S/c1-8(3-4-9(6-11)13-17-2)5-10(7-12)14-18-19(15)16/h3-4,8H,5H2,1-2H3,(H,15,16)/p-1/b4-3+,13-9?,14-10?. The third-order valence-electron chi connectivity index (χ3n) is 1.74. The van der Waals surface area contributed by atoms with Gasteiger partial charge >= 0.3 is 0 Å². The molecule has 0 aliphatic rings. The molecule has 0 aliphatic heterocycles. The summed E-state index contributed by atoms with van der Waals surface area (Å²) in [6.07, 6.45) is 3.20. The molecule has 0 heterocycles. The van der Waals surface area contributed by atoms with Gasteiger partial charge in [0.05, 0.1) is 0 Å². The van der Waals surface area contributed by atoms with Crippen molar-refractivity contribution in [2.24, 2.45) is 16.2 Å². The molecule has 102 valence electrons. The Morgan fingerprint density at radius 1 is 1.47 bits per heavy atom. The molecule has 0 rings (SSSR count). The average molecular weight is 283 g/mol. The van der Waals surface area contributed by atoms with E-state index in [4.69, 9.17) is 10.5 Å². The highest BCUT2D eigenvalue weighted by atomic mass is 32.2. The maximum atomic E-state index is 10.1. The van der Waals surface area contributed by atoms with Crippen LogP contribution >= 0.6 is 0 Å². The van der Waals surface area contributed by atoms with Crippen LogP contribution in [0.1, 0.15) is 13.3 Å². The van der Waals surface area contributed by atoms with E-state index < -0.39 is 11.4 Å². The molecule has 0 radical (unpaired) electrons. The summed E-state index contributed by atoms with van der Waals surface area (Å²) in [5, 5.41) is 24.0. The van der Waals surface area contributed by atoms with Gasteiger partial charge in [0.1, 0.15) is 19.2 Å². The Kier molecular flexibility index (Phi) is 8.62. The van der Waals surface area contributed by atoms with E-state index in [1.165, 1.54) is 13.2 Å². The summed E-state index contributed by atoms with van der Waals surface area (Å²) < 4.78 is 24.2. The van der Waals surface area contributed by atoms with Gasteiger partial charge in [-0.1, -0.05) is 23.3 Å². The molecular formula is C10H11N4O4S-. The molecule has 2 atom stereocenters. The number of rotatable bonds is 7. The van der Waals surface area contributed by atoms with Gasteiger partial charge in [-0.15, -0.1) is 0 Å². The van der Waals surface area contributed by atoms with E-state index in [1.54, 1.807) is 25.1 Å². The molecule has 8 nitrogen and oxygen atoms in total. The monoisotopic (exact) mass is 283 g/mol. The molecule has 0 bridgehead atoms. The van der Waals surface area contributed by atoms with Crippen molar-refractivity contribution in [3.8, 4) is 12.1 Å². The molecule has 0 aromatic rings. The van der Waals surface area contributed by atoms with Gasteiger partial charge in [-0.25, -0.2) is 4.21 Å². The van der Waals surface area contributed by atoms with Crippen LogP contribution in [0.2, 0.25) is 0 Å². The molecule has 0 fully saturated rings. The Labute approximate surface area is 113 Å². The van der Waals surface area contributed by atoms with Gasteiger partial charge in [0.2, 0.25) is 0 Å². The minimum Gasteiger partial charge on any atom is -0.738 e. The number of nitriles is 2. The second-order valence-corrected chi connectivity index (χ2v) is 3.80. The quantitative estimate of drug-likeness (QED) is 0.385. The van der Waals surface area contributed by atoms with E-state index in [-0.39, 0.29) is 23.8 Å². The molecule has 19 heavy (non-hydrogen) atoms. The fourth-order valence-electron chi connectivity index (χ4n) is 0.994. The Hall–Kier alpha value is -2.23. The average Bonchev–Trinajstić information content (AvgIpc) is 2.39. The minimum absolute atomic E-state index is 0.0710. The molecule has 0 amide bonds. The fraction of sp³-hybridized carbons (Fsp3) is 0.400. The number of hydrogen-bond acceptors (Lipinski definition) is 8. The van der Waals surface area contributed by atoms with Gasteiger partial charge in [-0.05, 0) is 12.0 Å². The van der Waals surface area contributed by atoms with Crippen molar-refractivity contribution in [1.29, 1.82) is 10.5 Å². The lowest BCUT2D eigenvalue weighted by Gasteiger charge is -2.04. The van der Waals surface area contributed by atoms with Crippen molar-refractivity contribution < 1.29 is 17.9 Å². The van der Waals surface area contributed by atoms with E-state index in [9.17, 15) is 8.76 Å². The molecule has 0 aromatic carbocycles. The summed E-state index contributed by atoms with van der Waals surface area (Å²) in [6, 6.07) is 3.52. The predicted molar refractivity (Wildman–Crippen MR) is 66.0 cm³/mol. The lowest BCUT2D eigenvalue weighted by atomic mass is 10.0. The largest absolute Gasteiger partial charge is 0.738 e.